The van der Waals surface area contributed by atoms with E-state index in [0.29, 0.717) is 26.2 Å². The number of nitrogens with zero attached hydrogens (tertiary/aromatic N) is 3. The summed E-state index contributed by atoms with van der Waals surface area (Å²) in [7, 11) is 0. The van der Waals surface area contributed by atoms with E-state index in [0.717, 1.165) is 47.5 Å². The Bertz CT molecular complexity index is 1110. The van der Waals surface area contributed by atoms with Crippen LogP contribution >= 0.6 is 0 Å². The Hall–Kier alpha value is -3.19. The molecule has 0 aliphatic carbocycles. The molecule has 0 N–H and O–H groups in total. The molecule has 4 rings (SSSR count). The van der Waals surface area contributed by atoms with Crippen LogP contribution in [0.2, 0.25) is 0 Å². The molecule has 1 amide bonds. The molecule has 192 valence electrons. The maximum absolute atomic E-state index is 13.6. The molecule has 2 heterocycles. The number of aryl methyl sites for hydroxylation is 2. The summed E-state index contributed by atoms with van der Waals surface area (Å²) in [5, 5.41) is 6.52. The summed E-state index contributed by atoms with van der Waals surface area (Å²) in [5.74, 6) is 0.406. The summed E-state index contributed by atoms with van der Waals surface area (Å²) in [4.78, 5) is 28.0. The number of amides is 1. The number of hydrogen-bond acceptors (Lipinski definition) is 6. The zero-order chi connectivity index (χ0) is 25.7. The predicted molar refractivity (Wildman–Crippen MR) is 140 cm³/mol. The summed E-state index contributed by atoms with van der Waals surface area (Å²) in [6, 6.07) is 14.1. The molecule has 1 saturated heterocycles. The topological polar surface area (TPSA) is 71.4 Å². The van der Waals surface area contributed by atoms with Crippen molar-refractivity contribution in [3.8, 4) is 5.75 Å². The van der Waals surface area contributed by atoms with E-state index in [2.05, 4.69) is 36.9 Å². The lowest BCUT2D eigenvalue weighted by atomic mass is 9.95. The Kier molecular flexibility index (Phi) is 8.41. The molecule has 7 heteroatoms. The molecular formula is C29H37N3O4. The number of carbonyl (C=O) groups is 2. The molecule has 0 bridgehead atoms. The van der Waals surface area contributed by atoms with Gasteiger partial charge in [-0.1, -0.05) is 35.9 Å². The molecule has 36 heavy (non-hydrogen) atoms. The summed E-state index contributed by atoms with van der Waals surface area (Å²) in [6.07, 6.45) is 2.32. The van der Waals surface area contributed by atoms with Crippen molar-refractivity contribution in [2.24, 2.45) is 11.0 Å². The van der Waals surface area contributed by atoms with E-state index in [-0.39, 0.29) is 30.4 Å². The molecule has 2 atom stereocenters. The van der Waals surface area contributed by atoms with Gasteiger partial charge in [0, 0.05) is 18.5 Å². The van der Waals surface area contributed by atoms with E-state index in [1.165, 1.54) is 5.56 Å². The molecule has 2 aliphatic rings. The molecule has 0 aromatic heterocycles. The monoisotopic (exact) mass is 491 g/mol. The van der Waals surface area contributed by atoms with E-state index in [1.807, 2.05) is 38.1 Å². The molecule has 2 aliphatic heterocycles. The highest BCUT2D eigenvalue weighted by atomic mass is 16.5. The van der Waals surface area contributed by atoms with Crippen molar-refractivity contribution >= 4 is 17.6 Å². The number of esters is 1. The average molecular weight is 492 g/mol. The van der Waals surface area contributed by atoms with Gasteiger partial charge in [-0.2, -0.15) is 5.10 Å². The van der Waals surface area contributed by atoms with Gasteiger partial charge in [-0.25, -0.2) is 5.01 Å². The second-order valence-electron chi connectivity index (χ2n) is 9.65. The van der Waals surface area contributed by atoms with Crippen LogP contribution < -0.4 is 4.74 Å². The predicted octanol–water partition coefficient (Wildman–Crippen LogP) is 4.65. The largest absolute Gasteiger partial charge is 0.494 e. The van der Waals surface area contributed by atoms with Crippen molar-refractivity contribution in [1.82, 2.24) is 9.91 Å². The van der Waals surface area contributed by atoms with Crippen LogP contribution in [0, 0.1) is 19.8 Å². The Balaban J connectivity index is 1.56. The Morgan fingerprint density at radius 2 is 1.83 bits per heavy atom. The van der Waals surface area contributed by atoms with Crippen molar-refractivity contribution in [2.45, 2.75) is 53.0 Å². The number of rotatable bonds is 8. The quantitative estimate of drug-likeness (QED) is 0.503. The van der Waals surface area contributed by atoms with Crippen molar-refractivity contribution in [3.05, 3.63) is 64.7 Å². The van der Waals surface area contributed by atoms with Gasteiger partial charge in [0.1, 0.15) is 5.75 Å². The summed E-state index contributed by atoms with van der Waals surface area (Å²) >= 11 is 0. The third-order valence-electron chi connectivity index (χ3n) is 6.92. The number of hydrazone groups is 1. The minimum absolute atomic E-state index is 0.0573. The molecule has 0 radical (unpaired) electrons. The van der Waals surface area contributed by atoms with Crippen LogP contribution in [0.5, 0.6) is 5.75 Å². The minimum Gasteiger partial charge on any atom is -0.494 e. The molecule has 2 aromatic rings. The second-order valence-corrected chi connectivity index (χ2v) is 9.65. The number of hydrogen-bond donors (Lipinski definition) is 0. The van der Waals surface area contributed by atoms with Gasteiger partial charge in [0.05, 0.1) is 37.4 Å². The van der Waals surface area contributed by atoms with Crippen LogP contribution in [0.15, 0.2) is 47.6 Å². The number of piperidine rings is 1. The van der Waals surface area contributed by atoms with Gasteiger partial charge in [0.2, 0.25) is 0 Å². The first-order valence-corrected chi connectivity index (χ1v) is 13.0. The zero-order valence-electron chi connectivity index (χ0n) is 21.8. The molecule has 7 nitrogen and oxygen atoms in total. The molecule has 0 unspecified atom stereocenters. The van der Waals surface area contributed by atoms with Crippen LogP contribution in [0.1, 0.15) is 61.4 Å². The lowest BCUT2D eigenvalue weighted by molar-refractivity contribution is -0.150. The first-order valence-electron chi connectivity index (χ1n) is 13.0. The van der Waals surface area contributed by atoms with E-state index in [4.69, 9.17) is 14.6 Å². The van der Waals surface area contributed by atoms with Gasteiger partial charge in [0.15, 0.2) is 0 Å². The second kappa shape index (κ2) is 11.7. The van der Waals surface area contributed by atoms with Crippen molar-refractivity contribution in [2.75, 3.05) is 32.8 Å². The van der Waals surface area contributed by atoms with E-state index < -0.39 is 0 Å². The maximum Gasteiger partial charge on any atom is 0.310 e. The van der Waals surface area contributed by atoms with E-state index in [1.54, 1.807) is 5.01 Å². The SMILES string of the molecule is CCOC(=O)[C@@H]1CCCN(CC(=O)N2N=C(c3ccc(C)cc3C)C[C@@H]2c2ccc(OCC)cc2)C1. The summed E-state index contributed by atoms with van der Waals surface area (Å²) < 4.78 is 10.8. The average Bonchev–Trinajstić information content (AvgIpc) is 3.30. The third kappa shape index (κ3) is 5.95. The molecule has 2 aromatic carbocycles. The van der Waals surface area contributed by atoms with Gasteiger partial charge >= 0.3 is 5.97 Å². The first-order chi connectivity index (χ1) is 17.4. The number of likely N-dealkylation sites (tertiary alicyclic amines) is 1. The van der Waals surface area contributed by atoms with Gasteiger partial charge < -0.3 is 9.47 Å². The standard InChI is InChI=1S/C29H37N3O4/c1-5-35-24-12-10-22(11-13-24)27-17-26(25-14-9-20(3)16-21(25)4)30-32(27)28(33)19-31-15-7-8-23(18-31)29(34)36-6-2/h9-14,16,23,27H,5-8,15,17-19H2,1-4H3/t23-,27-/m1/s1. The van der Waals surface area contributed by atoms with E-state index in [9.17, 15) is 9.59 Å². The Morgan fingerprint density at radius 1 is 1.06 bits per heavy atom. The van der Waals surface area contributed by atoms with Crippen molar-refractivity contribution in [1.29, 1.82) is 0 Å². The lowest BCUT2D eigenvalue weighted by Gasteiger charge is -2.32. The van der Waals surface area contributed by atoms with Crippen molar-refractivity contribution < 1.29 is 19.1 Å². The highest BCUT2D eigenvalue weighted by molar-refractivity contribution is 6.04. The van der Waals surface area contributed by atoms with Crippen LogP contribution in [-0.4, -0.2) is 60.3 Å². The zero-order valence-corrected chi connectivity index (χ0v) is 21.8. The fourth-order valence-corrected chi connectivity index (χ4v) is 5.17. The van der Waals surface area contributed by atoms with E-state index >= 15 is 0 Å². The highest BCUT2D eigenvalue weighted by Crippen LogP contribution is 2.34. The van der Waals surface area contributed by atoms with Crippen LogP contribution in [-0.2, 0) is 14.3 Å². The van der Waals surface area contributed by atoms with Gasteiger partial charge in [0.25, 0.3) is 5.91 Å². The fraction of sp³-hybridized carbons (Fsp3) is 0.483. The summed E-state index contributed by atoms with van der Waals surface area (Å²) in [5.41, 5.74) is 5.38. The third-order valence-corrected chi connectivity index (χ3v) is 6.92. The molecular weight excluding hydrogens is 454 g/mol. The van der Waals surface area contributed by atoms with Gasteiger partial charge in [-0.15, -0.1) is 0 Å². The number of benzene rings is 2. The van der Waals surface area contributed by atoms with Gasteiger partial charge in [-0.3, -0.25) is 14.5 Å². The van der Waals surface area contributed by atoms with Crippen LogP contribution in [0.4, 0.5) is 0 Å². The lowest BCUT2D eigenvalue weighted by Crippen LogP contribution is -2.44. The molecule has 0 spiro atoms. The normalized spacial score (nSPS) is 20.2. The number of ether oxygens (including phenoxy) is 2. The van der Waals surface area contributed by atoms with Crippen LogP contribution in [0.3, 0.4) is 0 Å². The summed E-state index contributed by atoms with van der Waals surface area (Å²) in [6.45, 7) is 10.5. The first kappa shape index (κ1) is 25.9. The number of carbonyl (C=O) groups excluding carboxylic acids is 2. The van der Waals surface area contributed by atoms with Gasteiger partial charge in [-0.05, 0) is 70.3 Å². The fourth-order valence-electron chi connectivity index (χ4n) is 5.17. The minimum atomic E-state index is -0.186. The Morgan fingerprint density at radius 3 is 2.53 bits per heavy atom. The van der Waals surface area contributed by atoms with Crippen molar-refractivity contribution in [3.63, 3.8) is 0 Å². The smallest absolute Gasteiger partial charge is 0.310 e. The van der Waals surface area contributed by atoms with Crippen LogP contribution in [0.25, 0.3) is 0 Å². The molecule has 0 saturated carbocycles. The Labute approximate surface area is 214 Å². The highest BCUT2D eigenvalue weighted by Gasteiger charge is 2.35. The maximum atomic E-state index is 13.6. The molecule has 1 fully saturated rings.